The number of ketones is 1. The van der Waals surface area contributed by atoms with Crippen LogP contribution in [-0.4, -0.2) is 15.6 Å². The van der Waals surface area contributed by atoms with Gasteiger partial charge in [0.15, 0.2) is 5.78 Å². The number of nitriles is 1. The van der Waals surface area contributed by atoms with Gasteiger partial charge in [-0.1, -0.05) is 40.7 Å². The molecule has 0 saturated heterocycles. The number of hydrogen-bond donors (Lipinski definition) is 0. The molecule has 2 aliphatic rings. The van der Waals surface area contributed by atoms with E-state index in [9.17, 15) is 10.1 Å². The molecule has 122 valence electrons. The Hall–Kier alpha value is -1.89. The molecule has 0 bridgehead atoms. The van der Waals surface area contributed by atoms with Crippen molar-refractivity contribution in [3.05, 3.63) is 28.6 Å². The maximum Gasteiger partial charge on any atom is 0.178 e. The lowest BCUT2D eigenvalue weighted by atomic mass is 9.52. The summed E-state index contributed by atoms with van der Waals surface area (Å²) in [6, 6.07) is 2.12. The Morgan fingerprint density at radius 1 is 1.39 bits per heavy atom. The number of allylic oxidation sites excluding steroid dienone is 2. The highest BCUT2D eigenvalue weighted by atomic mass is 16.1. The van der Waals surface area contributed by atoms with Gasteiger partial charge in [-0.3, -0.25) is 9.48 Å². The predicted octanol–water partition coefficient (Wildman–Crippen LogP) is 3.42. The van der Waals surface area contributed by atoms with E-state index in [1.165, 1.54) is 11.3 Å². The van der Waals surface area contributed by atoms with Crippen molar-refractivity contribution in [3.63, 3.8) is 0 Å². The van der Waals surface area contributed by atoms with Gasteiger partial charge in [0.25, 0.3) is 0 Å². The predicted molar refractivity (Wildman–Crippen MR) is 88.9 cm³/mol. The Bertz CT molecular complexity index is 760. The van der Waals surface area contributed by atoms with Crippen LogP contribution in [-0.2, 0) is 23.7 Å². The molecule has 1 aromatic rings. The van der Waals surface area contributed by atoms with Crippen LogP contribution in [0.5, 0.6) is 0 Å². The Morgan fingerprint density at radius 3 is 2.61 bits per heavy atom. The lowest BCUT2D eigenvalue weighted by Gasteiger charge is -2.49. The summed E-state index contributed by atoms with van der Waals surface area (Å²) >= 11 is 0. The summed E-state index contributed by atoms with van der Waals surface area (Å²) in [4.78, 5) is 12.7. The average Bonchev–Trinajstić information content (AvgIpc) is 2.80. The summed E-state index contributed by atoms with van der Waals surface area (Å²) < 4.78 is 1.99. The number of nitrogens with zero attached hydrogens (tertiary/aromatic N) is 3. The van der Waals surface area contributed by atoms with Gasteiger partial charge in [-0.05, 0) is 30.2 Å². The fraction of sp³-hybridized carbons (Fsp3) is 0.632. The third-order valence-corrected chi connectivity index (χ3v) is 5.92. The SMILES string of the molecule is CC(C)c1c2c(nn1C)C1(C)C=C(C#N)C(=O)C(C)(C)C1CC2. The lowest BCUT2D eigenvalue weighted by Crippen LogP contribution is -2.51. The van der Waals surface area contributed by atoms with E-state index in [2.05, 4.69) is 26.8 Å². The zero-order valence-corrected chi connectivity index (χ0v) is 14.9. The van der Waals surface area contributed by atoms with Crippen LogP contribution in [0, 0.1) is 22.7 Å². The second kappa shape index (κ2) is 4.80. The van der Waals surface area contributed by atoms with Crippen LogP contribution in [0.15, 0.2) is 11.6 Å². The average molecular weight is 311 g/mol. The molecule has 0 spiro atoms. The quantitative estimate of drug-likeness (QED) is 0.798. The van der Waals surface area contributed by atoms with E-state index in [4.69, 9.17) is 5.10 Å². The molecule has 0 N–H and O–H groups in total. The summed E-state index contributed by atoms with van der Waals surface area (Å²) in [5, 5.41) is 14.3. The standard InChI is InChI=1S/C19H25N3O/c1-11(2)15-13-7-8-14-18(3,4)17(23)12(10-20)9-19(14,5)16(13)21-22(15)6/h9,11,14H,7-8H2,1-6H3. The Kier molecular flexibility index (Phi) is 3.34. The molecule has 0 aromatic carbocycles. The van der Waals surface area contributed by atoms with Crippen molar-refractivity contribution < 1.29 is 4.79 Å². The van der Waals surface area contributed by atoms with E-state index < -0.39 is 5.41 Å². The Balaban J connectivity index is 2.29. The van der Waals surface area contributed by atoms with Crippen molar-refractivity contribution in [2.75, 3.05) is 0 Å². The zero-order valence-electron chi connectivity index (χ0n) is 14.9. The Labute approximate surface area is 138 Å². The van der Waals surface area contributed by atoms with Gasteiger partial charge < -0.3 is 0 Å². The van der Waals surface area contributed by atoms with Gasteiger partial charge in [0.2, 0.25) is 0 Å². The van der Waals surface area contributed by atoms with Gasteiger partial charge in [0.05, 0.1) is 11.3 Å². The smallest absolute Gasteiger partial charge is 0.178 e. The van der Waals surface area contributed by atoms with E-state index in [-0.39, 0.29) is 17.1 Å². The monoisotopic (exact) mass is 311 g/mol. The summed E-state index contributed by atoms with van der Waals surface area (Å²) in [5.41, 5.74) is 3.08. The first kappa shape index (κ1) is 16.0. The number of fused-ring (bicyclic) bond motifs is 3. The van der Waals surface area contributed by atoms with E-state index in [0.717, 1.165) is 18.5 Å². The Morgan fingerprint density at radius 2 is 2.04 bits per heavy atom. The normalized spacial score (nSPS) is 28.9. The highest BCUT2D eigenvalue weighted by Crippen LogP contribution is 2.54. The minimum atomic E-state index is -0.526. The number of aromatic nitrogens is 2. The van der Waals surface area contributed by atoms with Crippen LogP contribution < -0.4 is 0 Å². The maximum atomic E-state index is 12.7. The fourth-order valence-electron chi connectivity index (χ4n) is 4.97. The van der Waals surface area contributed by atoms with Crippen LogP contribution in [0.2, 0.25) is 0 Å². The number of carbonyl (C=O) groups is 1. The molecule has 1 aromatic heterocycles. The zero-order chi connectivity index (χ0) is 17.2. The molecule has 4 heteroatoms. The van der Waals surface area contributed by atoms with Crippen molar-refractivity contribution in [3.8, 4) is 6.07 Å². The number of hydrogen-bond acceptors (Lipinski definition) is 3. The molecule has 2 aliphatic carbocycles. The molecule has 0 amide bonds. The number of aryl methyl sites for hydroxylation is 1. The first-order chi connectivity index (χ1) is 10.6. The first-order valence-corrected chi connectivity index (χ1v) is 8.38. The summed E-state index contributed by atoms with van der Waals surface area (Å²) in [6.07, 6.45) is 3.81. The van der Waals surface area contributed by atoms with Crippen molar-refractivity contribution in [2.45, 2.75) is 58.8 Å². The molecule has 0 aliphatic heterocycles. The largest absolute Gasteiger partial charge is 0.293 e. The minimum absolute atomic E-state index is 0.0223. The minimum Gasteiger partial charge on any atom is -0.293 e. The van der Waals surface area contributed by atoms with Gasteiger partial charge in [-0.15, -0.1) is 0 Å². The molecule has 1 heterocycles. The molecule has 4 nitrogen and oxygen atoms in total. The number of Topliss-reactive ketones (excluding diaryl/α,β-unsaturated/α-hetero) is 1. The first-order valence-electron chi connectivity index (χ1n) is 8.38. The van der Waals surface area contributed by atoms with E-state index in [0.29, 0.717) is 11.5 Å². The van der Waals surface area contributed by atoms with Crippen LogP contribution in [0.1, 0.15) is 63.9 Å². The van der Waals surface area contributed by atoms with Crippen molar-refractivity contribution in [1.82, 2.24) is 9.78 Å². The van der Waals surface area contributed by atoms with E-state index in [1.807, 2.05) is 31.7 Å². The van der Waals surface area contributed by atoms with Gasteiger partial charge >= 0.3 is 0 Å². The highest BCUT2D eigenvalue weighted by Gasteiger charge is 2.55. The second-order valence-electron chi connectivity index (χ2n) is 8.09. The molecule has 3 rings (SSSR count). The van der Waals surface area contributed by atoms with Crippen LogP contribution >= 0.6 is 0 Å². The van der Waals surface area contributed by atoms with Gasteiger partial charge in [0.1, 0.15) is 6.07 Å². The molecule has 0 fully saturated rings. The fourth-order valence-corrected chi connectivity index (χ4v) is 4.97. The molecule has 2 unspecified atom stereocenters. The molecule has 0 saturated carbocycles. The van der Waals surface area contributed by atoms with Crippen LogP contribution in [0.3, 0.4) is 0 Å². The highest BCUT2D eigenvalue weighted by molar-refractivity contribution is 6.04. The van der Waals surface area contributed by atoms with Gasteiger partial charge in [0, 0.05) is 23.6 Å². The van der Waals surface area contributed by atoms with Crippen LogP contribution in [0.4, 0.5) is 0 Å². The van der Waals surface area contributed by atoms with Crippen LogP contribution in [0.25, 0.3) is 0 Å². The second-order valence-corrected chi connectivity index (χ2v) is 8.09. The lowest BCUT2D eigenvalue weighted by molar-refractivity contribution is -0.128. The maximum absolute atomic E-state index is 12.7. The van der Waals surface area contributed by atoms with Crippen molar-refractivity contribution >= 4 is 5.78 Å². The van der Waals surface area contributed by atoms with Gasteiger partial charge in [-0.2, -0.15) is 10.4 Å². The number of carbonyl (C=O) groups excluding carboxylic acids is 1. The topological polar surface area (TPSA) is 58.7 Å². The van der Waals surface area contributed by atoms with Gasteiger partial charge in [-0.25, -0.2) is 0 Å². The summed E-state index contributed by atoms with van der Waals surface area (Å²) in [6.45, 7) is 10.5. The third kappa shape index (κ3) is 1.95. The van der Waals surface area contributed by atoms with Crippen molar-refractivity contribution in [1.29, 1.82) is 5.26 Å². The molecule has 0 radical (unpaired) electrons. The third-order valence-electron chi connectivity index (χ3n) is 5.92. The van der Waals surface area contributed by atoms with E-state index in [1.54, 1.807) is 0 Å². The molecular weight excluding hydrogens is 286 g/mol. The number of rotatable bonds is 1. The molecule has 23 heavy (non-hydrogen) atoms. The molecular formula is C19H25N3O. The summed E-state index contributed by atoms with van der Waals surface area (Å²) in [5.74, 6) is 0.571. The van der Waals surface area contributed by atoms with Crippen molar-refractivity contribution in [2.24, 2.45) is 18.4 Å². The molecule has 2 atom stereocenters. The van der Waals surface area contributed by atoms with E-state index >= 15 is 0 Å². The summed E-state index contributed by atoms with van der Waals surface area (Å²) in [7, 11) is 2.00.